The third-order valence-corrected chi connectivity index (χ3v) is 2.16. The smallest absolute Gasteiger partial charge is 0.0872 e. The Bertz CT molecular complexity index is 145. The molecule has 80 valence electrons. The number of aliphatic hydroxyl groups is 4. The fraction of sp³-hybridized carbons (Fsp3) is 1.00. The predicted octanol–water partition coefficient (Wildman–Crippen LogP) is -0.502. The van der Waals surface area contributed by atoms with Crippen molar-refractivity contribution in [2.75, 3.05) is 6.61 Å². The van der Waals surface area contributed by atoms with Crippen molar-refractivity contribution >= 4 is 0 Å². The first-order valence-corrected chi connectivity index (χ1v) is 4.46. The highest BCUT2D eigenvalue weighted by Gasteiger charge is 2.33. The predicted molar refractivity (Wildman–Crippen MR) is 49.2 cm³/mol. The number of hydrogen-bond donors (Lipinski definition) is 4. The van der Waals surface area contributed by atoms with E-state index in [2.05, 4.69) is 0 Å². The molecule has 0 bridgehead atoms. The van der Waals surface area contributed by atoms with Crippen molar-refractivity contribution < 1.29 is 20.4 Å². The lowest BCUT2D eigenvalue weighted by Gasteiger charge is -2.32. The summed E-state index contributed by atoms with van der Waals surface area (Å²) in [5, 5.41) is 36.9. The van der Waals surface area contributed by atoms with Crippen LogP contribution in [-0.2, 0) is 0 Å². The second kappa shape index (κ2) is 4.91. The van der Waals surface area contributed by atoms with E-state index < -0.39 is 23.7 Å². The lowest BCUT2D eigenvalue weighted by Crippen LogP contribution is -2.43. The first-order valence-electron chi connectivity index (χ1n) is 4.46. The third kappa shape index (κ3) is 4.04. The van der Waals surface area contributed by atoms with Crippen molar-refractivity contribution in [1.82, 2.24) is 0 Å². The highest BCUT2D eigenvalue weighted by Crippen LogP contribution is 2.23. The summed E-state index contributed by atoms with van der Waals surface area (Å²) in [6.07, 6.45) is -2.56. The molecule has 0 spiro atoms. The van der Waals surface area contributed by atoms with Crippen LogP contribution in [-0.4, -0.2) is 45.3 Å². The maximum atomic E-state index is 9.57. The van der Waals surface area contributed by atoms with Crippen LogP contribution in [0.4, 0.5) is 0 Å². The van der Waals surface area contributed by atoms with Gasteiger partial charge in [-0.2, -0.15) is 0 Å². The summed E-state index contributed by atoms with van der Waals surface area (Å²) in [5.74, 6) is 0. The van der Waals surface area contributed by atoms with E-state index in [1.54, 1.807) is 20.8 Å². The zero-order chi connectivity index (χ0) is 10.6. The van der Waals surface area contributed by atoms with Crippen LogP contribution in [0.5, 0.6) is 0 Å². The number of hydrogen-bond acceptors (Lipinski definition) is 4. The molecule has 4 heteroatoms. The lowest BCUT2D eigenvalue weighted by molar-refractivity contribution is -0.0829. The van der Waals surface area contributed by atoms with Crippen LogP contribution in [0.3, 0.4) is 0 Å². The molecular weight excluding hydrogens is 172 g/mol. The van der Waals surface area contributed by atoms with E-state index in [1.807, 2.05) is 0 Å². The molecule has 4 nitrogen and oxygen atoms in total. The molecule has 0 aliphatic carbocycles. The van der Waals surface area contributed by atoms with Gasteiger partial charge in [0.2, 0.25) is 0 Å². The first kappa shape index (κ1) is 12.8. The molecule has 0 aromatic rings. The molecule has 0 aromatic carbocycles. The van der Waals surface area contributed by atoms with Crippen molar-refractivity contribution in [1.29, 1.82) is 0 Å². The van der Waals surface area contributed by atoms with Crippen molar-refractivity contribution in [3.63, 3.8) is 0 Å². The average molecular weight is 192 g/mol. The fourth-order valence-electron chi connectivity index (χ4n) is 1.09. The zero-order valence-corrected chi connectivity index (χ0v) is 8.44. The maximum absolute atomic E-state index is 9.57. The Hall–Kier alpha value is -0.160. The third-order valence-electron chi connectivity index (χ3n) is 2.16. The topological polar surface area (TPSA) is 80.9 Å². The number of aliphatic hydroxyl groups excluding tert-OH is 4. The Balaban J connectivity index is 4.16. The average Bonchev–Trinajstić information content (AvgIpc) is 2.01. The fourth-order valence-corrected chi connectivity index (χ4v) is 1.09. The van der Waals surface area contributed by atoms with Crippen LogP contribution in [0.2, 0.25) is 0 Å². The van der Waals surface area contributed by atoms with Gasteiger partial charge in [-0.1, -0.05) is 13.8 Å². The van der Waals surface area contributed by atoms with Gasteiger partial charge in [0.1, 0.15) is 0 Å². The van der Waals surface area contributed by atoms with E-state index in [0.717, 1.165) is 0 Å². The van der Waals surface area contributed by atoms with E-state index in [1.165, 1.54) is 0 Å². The van der Waals surface area contributed by atoms with Crippen molar-refractivity contribution in [2.45, 2.75) is 45.5 Å². The quantitative estimate of drug-likeness (QED) is 0.473. The van der Waals surface area contributed by atoms with Gasteiger partial charge in [-0.05, 0) is 6.92 Å². The van der Waals surface area contributed by atoms with Crippen LogP contribution in [0.15, 0.2) is 0 Å². The van der Waals surface area contributed by atoms with Gasteiger partial charge >= 0.3 is 0 Å². The molecule has 13 heavy (non-hydrogen) atoms. The van der Waals surface area contributed by atoms with Gasteiger partial charge in [0.25, 0.3) is 0 Å². The molecule has 0 amide bonds. The normalized spacial score (nSPS) is 19.6. The van der Waals surface area contributed by atoms with Crippen LogP contribution < -0.4 is 0 Å². The molecule has 3 unspecified atom stereocenters. The molecular formula is C9H20O4. The highest BCUT2D eigenvalue weighted by molar-refractivity contribution is 4.83. The monoisotopic (exact) mass is 192 g/mol. The second-order valence-corrected chi connectivity index (χ2v) is 4.24. The van der Waals surface area contributed by atoms with Crippen molar-refractivity contribution in [2.24, 2.45) is 5.41 Å². The Kier molecular flexibility index (Phi) is 4.85. The molecule has 0 heterocycles. The molecule has 3 atom stereocenters. The maximum Gasteiger partial charge on any atom is 0.0872 e. The molecule has 0 aromatic heterocycles. The van der Waals surface area contributed by atoms with Crippen molar-refractivity contribution in [3.05, 3.63) is 0 Å². The van der Waals surface area contributed by atoms with Crippen LogP contribution in [0, 0.1) is 5.41 Å². The van der Waals surface area contributed by atoms with Gasteiger partial charge in [-0.3, -0.25) is 0 Å². The minimum Gasteiger partial charge on any atom is -0.396 e. The molecule has 0 saturated carbocycles. The summed E-state index contributed by atoms with van der Waals surface area (Å²) in [5.41, 5.74) is -0.742. The molecule has 0 radical (unpaired) electrons. The SMILES string of the molecule is CC(O)CC(O)C(O)C(C)(C)CO. The molecule has 0 rings (SSSR count). The molecule has 4 N–H and O–H groups in total. The van der Waals surface area contributed by atoms with Crippen LogP contribution in [0.25, 0.3) is 0 Å². The summed E-state index contributed by atoms with van der Waals surface area (Å²) >= 11 is 0. The summed E-state index contributed by atoms with van der Waals surface area (Å²) < 4.78 is 0. The van der Waals surface area contributed by atoms with Gasteiger partial charge in [-0.25, -0.2) is 0 Å². The van der Waals surface area contributed by atoms with Crippen LogP contribution >= 0.6 is 0 Å². The van der Waals surface area contributed by atoms with E-state index in [4.69, 9.17) is 10.2 Å². The Morgan fingerprint density at radius 1 is 1.15 bits per heavy atom. The summed E-state index contributed by atoms with van der Waals surface area (Å²) in [6.45, 7) is 4.65. The molecule has 0 aliphatic heterocycles. The minimum absolute atomic E-state index is 0.116. The van der Waals surface area contributed by atoms with Gasteiger partial charge in [0.05, 0.1) is 24.9 Å². The zero-order valence-electron chi connectivity index (χ0n) is 8.44. The van der Waals surface area contributed by atoms with Crippen LogP contribution in [0.1, 0.15) is 27.2 Å². The largest absolute Gasteiger partial charge is 0.396 e. The van der Waals surface area contributed by atoms with E-state index in [9.17, 15) is 10.2 Å². The second-order valence-electron chi connectivity index (χ2n) is 4.24. The van der Waals surface area contributed by atoms with Gasteiger partial charge in [-0.15, -0.1) is 0 Å². The Labute approximate surface area is 78.8 Å². The highest BCUT2D eigenvalue weighted by atomic mass is 16.3. The molecule has 0 fully saturated rings. The lowest BCUT2D eigenvalue weighted by atomic mass is 9.83. The van der Waals surface area contributed by atoms with Gasteiger partial charge in [0.15, 0.2) is 0 Å². The van der Waals surface area contributed by atoms with Gasteiger partial charge < -0.3 is 20.4 Å². The summed E-state index contributed by atoms with van der Waals surface area (Å²) in [6, 6.07) is 0. The van der Waals surface area contributed by atoms with E-state index >= 15 is 0 Å². The Morgan fingerprint density at radius 3 is 1.92 bits per heavy atom. The summed E-state index contributed by atoms with van der Waals surface area (Å²) in [7, 11) is 0. The van der Waals surface area contributed by atoms with E-state index in [-0.39, 0.29) is 13.0 Å². The molecule has 0 aliphatic rings. The van der Waals surface area contributed by atoms with Crippen molar-refractivity contribution in [3.8, 4) is 0 Å². The van der Waals surface area contributed by atoms with Gasteiger partial charge in [0, 0.05) is 11.8 Å². The molecule has 0 saturated heterocycles. The first-order chi connectivity index (χ1) is 5.81. The number of rotatable bonds is 5. The summed E-state index contributed by atoms with van der Waals surface area (Å²) in [4.78, 5) is 0. The Morgan fingerprint density at radius 2 is 1.62 bits per heavy atom. The van der Waals surface area contributed by atoms with E-state index in [0.29, 0.717) is 0 Å². The standard InChI is InChI=1S/C9H20O4/c1-6(11)4-7(12)8(13)9(2,3)5-10/h6-8,10-13H,4-5H2,1-3H3. The minimum atomic E-state index is -1.02.